The fraction of sp³-hybridized carbons (Fsp3) is 0.941. The van der Waals surface area contributed by atoms with Crippen LogP contribution in [0.5, 0.6) is 0 Å². The van der Waals surface area contributed by atoms with Crippen molar-refractivity contribution in [1.29, 1.82) is 0 Å². The Balaban J connectivity index is 3.56. The largest absolute Gasteiger partial charge is 0.462 e. The zero-order chi connectivity index (χ0) is 28.8. The predicted molar refractivity (Wildman–Crippen MR) is 164 cm³/mol. The second kappa shape index (κ2) is 29.9. The van der Waals surface area contributed by atoms with Gasteiger partial charge in [0.2, 0.25) is 0 Å². The van der Waals surface area contributed by atoms with Crippen LogP contribution in [0, 0.1) is 5.92 Å². The Bertz CT molecular complexity index is 536. The van der Waals surface area contributed by atoms with Crippen LogP contribution in [0.4, 0.5) is 0 Å². The minimum Gasteiger partial charge on any atom is -0.462 e. The van der Waals surface area contributed by atoms with Crippen LogP contribution in [0.3, 0.4) is 0 Å². The summed E-state index contributed by atoms with van der Waals surface area (Å²) in [5.74, 6) is 0.273. The molecule has 0 amide bonds. The second-order valence-electron chi connectivity index (χ2n) is 11.9. The average Bonchev–Trinajstić information content (AvgIpc) is 2.94. The van der Waals surface area contributed by atoms with Crippen molar-refractivity contribution in [2.45, 2.75) is 187 Å². The van der Waals surface area contributed by atoms with Crippen molar-refractivity contribution in [3.8, 4) is 0 Å². The van der Waals surface area contributed by atoms with E-state index in [4.69, 9.17) is 9.47 Å². The van der Waals surface area contributed by atoms with E-state index >= 15 is 0 Å². The van der Waals surface area contributed by atoms with Gasteiger partial charge < -0.3 is 14.6 Å². The molecule has 232 valence electrons. The molecule has 0 aromatic heterocycles. The van der Waals surface area contributed by atoms with Crippen LogP contribution in [0.25, 0.3) is 0 Å². The van der Waals surface area contributed by atoms with E-state index in [0.29, 0.717) is 12.8 Å². The third-order valence-corrected chi connectivity index (χ3v) is 7.94. The van der Waals surface area contributed by atoms with E-state index in [-0.39, 0.29) is 25.2 Å². The lowest BCUT2D eigenvalue weighted by Crippen LogP contribution is -2.28. The molecule has 5 nitrogen and oxygen atoms in total. The smallest absolute Gasteiger partial charge is 0.306 e. The quantitative estimate of drug-likeness (QED) is 0.0706. The second-order valence-corrected chi connectivity index (χ2v) is 11.9. The van der Waals surface area contributed by atoms with Crippen molar-refractivity contribution >= 4 is 11.9 Å². The molecule has 2 atom stereocenters. The molecule has 39 heavy (non-hydrogen) atoms. The summed E-state index contributed by atoms with van der Waals surface area (Å²) in [5, 5.41) is 9.49. The van der Waals surface area contributed by atoms with Crippen LogP contribution in [0.15, 0.2) is 0 Å². The number of hydrogen-bond donors (Lipinski definition) is 1. The fourth-order valence-corrected chi connectivity index (χ4v) is 4.94. The Morgan fingerprint density at radius 2 is 1.00 bits per heavy atom. The number of ether oxygens (including phenoxy) is 2. The summed E-state index contributed by atoms with van der Waals surface area (Å²) in [6, 6.07) is 0. The van der Waals surface area contributed by atoms with Crippen molar-refractivity contribution in [3.05, 3.63) is 0 Å². The number of carbonyl (C=O) groups excluding carboxylic acids is 2. The molecule has 0 heterocycles. The first-order chi connectivity index (χ1) is 19.0. The molecular formula is C34H66O5. The van der Waals surface area contributed by atoms with Gasteiger partial charge in [0.15, 0.2) is 6.10 Å². The van der Waals surface area contributed by atoms with Crippen molar-refractivity contribution in [1.82, 2.24) is 0 Å². The van der Waals surface area contributed by atoms with Crippen LogP contribution >= 0.6 is 0 Å². The number of aliphatic hydroxyl groups is 1. The molecule has 0 saturated heterocycles. The summed E-state index contributed by atoms with van der Waals surface area (Å²) in [4.78, 5) is 24.1. The minimum absolute atomic E-state index is 0.0590. The normalized spacial score (nSPS) is 12.8. The molecule has 1 unspecified atom stereocenters. The van der Waals surface area contributed by atoms with E-state index in [1.807, 2.05) is 0 Å². The highest BCUT2D eigenvalue weighted by Gasteiger charge is 2.16. The van der Waals surface area contributed by atoms with Crippen molar-refractivity contribution in [3.63, 3.8) is 0 Å². The summed E-state index contributed by atoms with van der Waals surface area (Å²) in [6.45, 7) is 6.48. The van der Waals surface area contributed by atoms with Crippen LogP contribution in [0.2, 0.25) is 0 Å². The lowest BCUT2D eigenvalue weighted by Gasteiger charge is -2.15. The van der Waals surface area contributed by atoms with E-state index in [0.717, 1.165) is 38.0 Å². The standard InChI is InChI=1S/C34H66O5/c1-4-6-7-8-9-10-11-12-13-14-18-21-24-27-33(36)38-30-32(29-35)39-34(37)28-25-22-19-16-15-17-20-23-26-31(3)5-2/h31-32,35H,4-30H2,1-3H3/t31?,32-/m0/s1. The fourth-order valence-electron chi connectivity index (χ4n) is 4.94. The Labute approximate surface area is 242 Å². The minimum atomic E-state index is -0.761. The monoisotopic (exact) mass is 554 g/mol. The average molecular weight is 555 g/mol. The highest BCUT2D eigenvalue weighted by atomic mass is 16.6. The molecule has 0 bridgehead atoms. The molecule has 5 heteroatoms. The van der Waals surface area contributed by atoms with Gasteiger partial charge in [-0.05, 0) is 18.8 Å². The zero-order valence-electron chi connectivity index (χ0n) is 26.3. The van der Waals surface area contributed by atoms with Gasteiger partial charge >= 0.3 is 11.9 Å². The molecule has 0 radical (unpaired) electrons. The highest BCUT2D eigenvalue weighted by molar-refractivity contribution is 5.70. The van der Waals surface area contributed by atoms with Gasteiger partial charge in [0.05, 0.1) is 6.61 Å². The van der Waals surface area contributed by atoms with E-state index in [1.165, 1.54) is 116 Å². The maximum Gasteiger partial charge on any atom is 0.306 e. The van der Waals surface area contributed by atoms with Crippen LogP contribution in [-0.2, 0) is 19.1 Å². The Morgan fingerprint density at radius 3 is 1.44 bits per heavy atom. The SMILES string of the molecule is CCCCCCCCCCCCCCCC(=O)OC[C@H](CO)OC(=O)CCCCCCCCCCC(C)CC. The molecule has 0 aromatic carbocycles. The Kier molecular flexibility index (Phi) is 29.0. The van der Waals surface area contributed by atoms with Gasteiger partial charge in [0, 0.05) is 12.8 Å². The maximum atomic E-state index is 12.1. The number of carbonyl (C=O) groups is 2. The molecular weight excluding hydrogens is 488 g/mol. The molecule has 0 aliphatic heterocycles. The first-order valence-corrected chi connectivity index (χ1v) is 17.0. The predicted octanol–water partition coefficient (Wildman–Crippen LogP) is 9.86. The van der Waals surface area contributed by atoms with Crippen LogP contribution in [-0.4, -0.2) is 36.4 Å². The maximum absolute atomic E-state index is 12.1. The molecule has 0 aliphatic rings. The van der Waals surface area contributed by atoms with E-state index in [2.05, 4.69) is 20.8 Å². The summed E-state index contributed by atoms with van der Waals surface area (Å²) in [6.07, 6.45) is 28.6. The van der Waals surface area contributed by atoms with Gasteiger partial charge in [-0.15, -0.1) is 0 Å². The number of hydrogen-bond acceptors (Lipinski definition) is 5. The molecule has 0 fully saturated rings. The third kappa shape index (κ3) is 28.2. The third-order valence-electron chi connectivity index (χ3n) is 7.94. The first-order valence-electron chi connectivity index (χ1n) is 17.0. The molecule has 0 aliphatic carbocycles. The zero-order valence-corrected chi connectivity index (χ0v) is 26.3. The van der Waals surface area contributed by atoms with Gasteiger partial charge in [-0.1, -0.05) is 156 Å². The van der Waals surface area contributed by atoms with Gasteiger partial charge in [0.1, 0.15) is 6.61 Å². The van der Waals surface area contributed by atoms with Crippen molar-refractivity contribution in [2.75, 3.05) is 13.2 Å². The molecule has 0 spiro atoms. The molecule has 1 N–H and O–H groups in total. The first kappa shape index (κ1) is 37.9. The summed E-state index contributed by atoms with van der Waals surface area (Å²) >= 11 is 0. The number of esters is 2. The molecule has 0 aromatic rings. The van der Waals surface area contributed by atoms with Crippen molar-refractivity contribution < 1.29 is 24.2 Å². The molecule has 0 saturated carbocycles. The summed E-state index contributed by atoms with van der Waals surface area (Å²) in [7, 11) is 0. The number of aliphatic hydroxyl groups excluding tert-OH is 1. The topological polar surface area (TPSA) is 72.8 Å². The Hall–Kier alpha value is -1.10. The van der Waals surface area contributed by atoms with E-state index in [9.17, 15) is 14.7 Å². The highest BCUT2D eigenvalue weighted by Crippen LogP contribution is 2.16. The lowest BCUT2D eigenvalue weighted by molar-refractivity contribution is -0.161. The van der Waals surface area contributed by atoms with Gasteiger partial charge in [-0.2, -0.15) is 0 Å². The van der Waals surface area contributed by atoms with Gasteiger partial charge in [0.25, 0.3) is 0 Å². The summed E-state index contributed by atoms with van der Waals surface area (Å²) in [5.41, 5.74) is 0. The molecule has 0 rings (SSSR count). The lowest BCUT2D eigenvalue weighted by atomic mass is 9.99. The van der Waals surface area contributed by atoms with E-state index < -0.39 is 6.10 Å². The Morgan fingerprint density at radius 1 is 0.590 bits per heavy atom. The van der Waals surface area contributed by atoms with Crippen molar-refractivity contribution in [2.24, 2.45) is 5.92 Å². The van der Waals surface area contributed by atoms with Crippen LogP contribution in [0.1, 0.15) is 181 Å². The number of rotatable bonds is 30. The number of unbranched alkanes of at least 4 members (excludes halogenated alkanes) is 19. The summed E-state index contributed by atoms with van der Waals surface area (Å²) < 4.78 is 10.6. The van der Waals surface area contributed by atoms with Crippen LogP contribution < -0.4 is 0 Å². The van der Waals surface area contributed by atoms with Gasteiger partial charge in [-0.25, -0.2) is 0 Å². The van der Waals surface area contributed by atoms with Gasteiger partial charge in [-0.3, -0.25) is 9.59 Å². The van der Waals surface area contributed by atoms with E-state index in [1.54, 1.807) is 0 Å².